The molecule has 2 amide bonds. The first kappa shape index (κ1) is 30.0. The molecule has 0 spiro atoms. The number of ether oxygens (including phenoxy) is 2. The van der Waals surface area contributed by atoms with Gasteiger partial charge in [-0.2, -0.15) is 0 Å². The lowest BCUT2D eigenvalue weighted by molar-refractivity contribution is -0.140. The Balaban J connectivity index is 2.50. The van der Waals surface area contributed by atoms with Gasteiger partial charge in [-0.05, 0) is 56.5 Å². The molecule has 0 unspecified atom stereocenters. The molecule has 2 aromatic carbocycles. The monoisotopic (exact) mass is 533 g/mol. The van der Waals surface area contributed by atoms with Crippen LogP contribution in [0.2, 0.25) is 0 Å². The second kappa shape index (κ2) is 13.9. The van der Waals surface area contributed by atoms with E-state index in [1.807, 2.05) is 26.8 Å². The van der Waals surface area contributed by atoms with Gasteiger partial charge in [0.1, 0.15) is 24.1 Å². The van der Waals surface area contributed by atoms with E-state index in [0.29, 0.717) is 24.5 Å². The number of carbonyl (C=O) groups is 2. The van der Waals surface area contributed by atoms with Crippen LogP contribution in [0.5, 0.6) is 11.5 Å². The number of sulfonamides is 1. The van der Waals surface area contributed by atoms with Gasteiger partial charge in [-0.3, -0.25) is 13.9 Å². The number of rotatable bonds is 14. The second-order valence-electron chi connectivity index (χ2n) is 8.79. The molecular formula is C27H39N3O6S. The van der Waals surface area contributed by atoms with E-state index in [9.17, 15) is 18.0 Å². The van der Waals surface area contributed by atoms with Crippen LogP contribution in [0.25, 0.3) is 0 Å². The Hall–Kier alpha value is -3.27. The number of amides is 2. The van der Waals surface area contributed by atoms with Gasteiger partial charge < -0.3 is 19.7 Å². The Morgan fingerprint density at radius 2 is 1.73 bits per heavy atom. The second-order valence-corrected chi connectivity index (χ2v) is 10.7. The van der Waals surface area contributed by atoms with E-state index >= 15 is 0 Å². The molecule has 10 heteroatoms. The highest BCUT2D eigenvalue weighted by atomic mass is 32.2. The van der Waals surface area contributed by atoms with Crippen LogP contribution in [0.3, 0.4) is 0 Å². The third kappa shape index (κ3) is 8.38. The normalized spacial score (nSPS) is 12.8. The maximum atomic E-state index is 13.8. The fraction of sp³-hybridized carbons (Fsp3) is 0.481. The number of para-hydroxylation sites is 2. The lowest BCUT2D eigenvalue weighted by atomic mass is 10.1. The molecule has 0 aliphatic heterocycles. The Morgan fingerprint density at radius 1 is 1.03 bits per heavy atom. The minimum atomic E-state index is -3.86. The van der Waals surface area contributed by atoms with Gasteiger partial charge in [-0.1, -0.05) is 38.1 Å². The largest absolute Gasteiger partial charge is 0.497 e. The van der Waals surface area contributed by atoms with Crippen molar-refractivity contribution in [2.45, 2.75) is 59.2 Å². The van der Waals surface area contributed by atoms with Crippen LogP contribution < -0.4 is 19.1 Å². The summed E-state index contributed by atoms with van der Waals surface area (Å²) in [4.78, 5) is 28.5. The summed E-state index contributed by atoms with van der Waals surface area (Å²) in [5, 5.41) is 2.96. The third-order valence-electron chi connectivity index (χ3n) is 5.99. The predicted octanol–water partition coefficient (Wildman–Crippen LogP) is 3.58. The summed E-state index contributed by atoms with van der Waals surface area (Å²) in [6, 6.07) is 13.0. The zero-order valence-corrected chi connectivity index (χ0v) is 23.4. The Morgan fingerprint density at radius 3 is 2.32 bits per heavy atom. The van der Waals surface area contributed by atoms with E-state index < -0.39 is 28.5 Å². The van der Waals surface area contributed by atoms with Crippen LogP contribution in [0.4, 0.5) is 5.69 Å². The molecule has 1 N–H and O–H groups in total. The summed E-state index contributed by atoms with van der Waals surface area (Å²) < 4.78 is 37.7. The molecule has 0 heterocycles. The van der Waals surface area contributed by atoms with Gasteiger partial charge in [-0.25, -0.2) is 8.42 Å². The van der Waals surface area contributed by atoms with Crippen molar-refractivity contribution in [3.8, 4) is 11.5 Å². The summed E-state index contributed by atoms with van der Waals surface area (Å²) in [6.45, 7) is 7.43. The average molecular weight is 534 g/mol. The first-order valence-electron chi connectivity index (χ1n) is 12.5. The van der Waals surface area contributed by atoms with Gasteiger partial charge in [0.2, 0.25) is 21.8 Å². The molecule has 2 atom stereocenters. The summed E-state index contributed by atoms with van der Waals surface area (Å²) in [6.07, 6.45) is 2.14. The molecule has 204 valence electrons. The van der Waals surface area contributed by atoms with E-state index in [1.165, 1.54) is 4.90 Å². The minimum absolute atomic E-state index is 0.0686. The van der Waals surface area contributed by atoms with Crippen molar-refractivity contribution in [3.63, 3.8) is 0 Å². The third-order valence-corrected chi connectivity index (χ3v) is 7.11. The molecular weight excluding hydrogens is 494 g/mol. The maximum Gasteiger partial charge on any atom is 0.244 e. The highest BCUT2D eigenvalue weighted by molar-refractivity contribution is 7.92. The molecule has 0 saturated heterocycles. The predicted molar refractivity (Wildman–Crippen MR) is 145 cm³/mol. The quantitative estimate of drug-likeness (QED) is 0.398. The number of anilines is 1. The van der Waals surface area contributed by atoms with Gasteiger partial charge in [0.15, 0.2) is 0 Å². The van der Waals surface area contributed by atoms with Crippen LogP contribution >= 0.6 is 0 Å². The molecule has 0 aliphatic rings. The topological polar surface area (TPSA) is 105 Å². The molecule has 0 aliphatic carbocycles. The highest BCUT2D eigenvalue weighted by Crippen LogP contribution is 2.30. The summed E-state index contributed by atoms with van der Waals surface area (Å²) >= 11 is 0. The smallest absolute Gasteiger partial charge is 0.244 e. The number of benzene rings is 2. The van der Waals surface area contributed by atoms with Crippen LogP contribution in [0.15, 0.2) is 48.5 Å². The van der Waals surface area contributed by atoms with Crippen molar-refractivity contribution in [3.05, 3.63) is 54.1 Å². The highest BCUT2D eigenvalue weighted by Gasteiger charge is 2.33. The zero-order chi connectivity index (χ0) is 27.6. The molecule has 9 nitrogen and oxygen atoms in total. The number of methoxy groups -OCH3 is 1. The first-order chi connectivity index (χ1) is 17.5. The van der Waals surface area contributed by atoms with Crippen molar-refractivity contribution in [2.75, 3.05) is 30.8 Å². The standard InChI is InChI=1S/C27H39N3O6S/c1-7-20(4)28-27(32)23(8-2)29(18-21-13-12-14-22(17-21)35-5)26(31)19-30(37(6,33)34)24-15-10-11-16-25(24)36-9-3/h10-17,20,23H,7-9,18-19H2,1-6H3,(H,28,32)/t20-,23-/m0/s1. The maximum absolute atomic E-state index is 13.8. The number of nitrogens with zero attached hydrogens (tertiary/aromatic N) is 2. The van der Waals surface area contributed by atoms with Gasteiger partial charge in [0.05, 0.1) is 25.7 Å². The number of hydrogen-bond acceptors (Lipinski definition) is 6. The molecule has 0 radical (unpaired) electrons. The summed E-state index contributed by atoms with van der Waals surface area (Å²) in [5.41, 5.74) is 1.02. The number of carbonyl (C=O) groups excluding carboxylic acids is 2. The van der Waals surface area contributed by atoms with Crippen molar-refractivity contribution >= 4 is 27.5 Å². The molecule has 2 aromatic rings. The Bertz CT molecular complexity index is 1150. The molecule has 37 heavy (non-hydrogen) atoms. The lowest BCUT2D eigenvalue weighted by Gasteiger charge is -2.33. The van der Waals surface area contributed by atoms with Crippen molar-refractivity contribution in [2.24, 2.45) is 0 Å². The van der Waals surface area contributed by atoms with Crippen LogP contribution in [-0.4, -0.2) is 63.7 Å². The van der Waals surface area contributed by atoms with E-state index in [1.54, 1.807) is 56.5 Å². The van der Waals surface area contributed by atoms with Crippen molar-refractivity contribution in [1.82, 2.24) is 10.2 Å². The Kier molecular flexibility index (Phi) is 11.2. The average Bonchev–Trinajstić information content (AvgIpc) is 2.87. The van der Waals surface area contributed by atoms with Crippen molar-refractivity contribution in [1.29, 1.82) is 0 Å². The minimum Gasteiger partial charge on any atom is -0.497 e. The van der Waals surface area contributed by atoms with E-state index in [2.05, 4.69) is 5.32 Å². The Labute approximate surface area is 220 Å². The first-order valence-corrected chi connectivity index (χ1v) is 14.3. The molecule has 0 fully saturated rings. The molecule has 0 bridgehead atoms. The summed E-state index contributed by atoms with van der Waals surface area (Å²) in [7, 11) is -2.31. The van der Waals surface area contributed by atoms with Gasteiger partial charge in [0, 0.05) is 12.6 Å². The number of nitrogens with one attached hydrogen (secondary N) is 1. The van der Waals surface area contributed by atoms with Crippen LogP contribution in [0, 0.1) is 0 Å². The molecule has 0 saturated carbocycles. The lowest BCUT2D eigenvalue weighted by Crippen LogP contribution is -2.53. The van der Waals surface area contributed by atoms with Crippen LogP contribution in [-0.2, 0) is 26.2 Å². The zero-order valence-electron chi connectivity index (χ0n) is 22.6. The number of hydrogen-bond donors (Lipinski definition) is 1. The van der Waals surface area contributed by atoms with Gasteiger partial charge >= 0.3 is 0 Å². The van der Waals surface area contributed by atoms with Crippen molar-refractivity contribution < 1.29 is 27.5 Å². The van der Waals surface area contributed by atoms with Gasteiger partial charge in [0.25, 0.3) is 0 Å². The van der Waals surface area contributed by atoms with Crippen LogP contribution in [0.1, 0.15) is 46.1 Å². The molecule has 0 aromatic heterocycles. The van der Waals surface area contributed by atoms with E-state index in [-0.39, 0.29) is 24.2 Å². The fourth-order valence-corrected chi connectivity index (χ4v) is 4.72. The molecule has 2 rings (SSSR count). The van der Waals surface area contributed by atoms with E-state index in [4.69, 9.17) is 9.47 Å². The summed E-state index contributed by atoms with van der Waals surface area (Å²) in [5.74, 6) is 0.175. The SMILES string of the molecule is CCOc1ccccc1N(CC(=O)N(Cc1cccc(OC)c1)[C@@H](CC)C(=O)N[C@@H](C)CC)S(C)(=O)=O. The van der Waals surface area contributed by atoms with E-state index in [0.717, 1.165) is 22.5 Å². The van der Waals surface area contributed by atoms with Gasteiger partial charge in [-0.15, -0.1) is 0 Å². The fourth-order valence-electron chi connectivity index (χ4n) is 3.86.